The smallest absolute Gasteiger partial charge is 0.212 e. The van der Waals surface area contributed by atoms with Crippen molar-refractivity contribution < 1.29 is 17.9 Å². The maximum absolute atomic E-state index is 12.9. The number of sulfonamides is 1. The van der Waals surface area contributed by atoms with Gasteiger partial charge in [0.05, 0.1) is 18.5 Å². The van der Waals surface area contributed by atoms with Crippen molar-refractivity contribution in [1.82, 2.24) is 9.62 Å². The molecule has 7 heteroatoms. The van der Waals surface area contributed by atoms with Gasteiger partial charge in [0.1, 0.15) is 12.4 Å². The molecule has 3 aliphatic heterocycles. The molecule has 1 aromatic rings. The average molecular weight is 463 g/mol. The Morgan fingerprint density at radius 2 is 1.78 bits per heavy atom. The predicted molar refractivity (Wildman–Crippen MR) is 126 cm³/mol. The lowest BCUT2D eigenvalue weighted by molar-refractivity contribution is -0.0284. The number of nitrogens with one attached hydrogen (secondary N) is 1. The first-order valence-electron chi connectivity index (χ1n) is 12.6. The molecule has 6 rings (SSSR count). The molecular formula is C25H38N2O4S. The van der Waals surface area contributed by atoms with E-state index in [9.17, 15) is 8.42 Å². The second kappa shape index (κ2) is 10.00. The lowest BCUT2D eigenvalue weighted by Crippen LogP contribution is -2.58. The summed E-state index contributed by atoms with van der Waals surface area (Å²) < 4.78 is 41.6. The normalized spacial score (nSPS) is 32.4. The van der Waals surface area contributed by atoms with Crippen LogP contribution in [0.2, 0.25) is 0 Å². The summed E-state index contributed by atoms with van der Waals surface area (Å²) in [4.78, 5) is 2.40. The van der Waals surface area contributed by atoms with E-state index in [4.69, 9.17) is 9.47 Å². The zero-order valence-electron chi connectivity index (χ0n) is 19.1. The Kier molecular flexibility index (Phi) is 7.07. The Morgan fingerprint density at radius 1 is 0.969 bits per heavy atom. The zero-order chi connectivity index (χ0) is 22.0. The van der Waals surface area contributed by atoms with E-state index in [-0.39, 0.29) is 23.9 Å². The molecule has 6 nitrogen and oxygen atoms in total. The summed E-state index contributed by atoms with van der Waals surface area (Å²) in [6.07, 6.45) is 9.77. The fraction of sp³-hybridized carbons (Fsp3) is 0.760. The van der Waals surface area contributed by atoms with Crippen LogP contribution in [-0.2, 0) is 14.8 Å². The third kappa shape index (κ3) is 5.32. The van der Waals surface area contributed by atoms with Crippen molar-refractivity contribution in [3.8, 4) is 5.75 Å². The van der Waals surface area contributed by atoms with Crippen molar-refractivity contribution in [2.45, 2.75) is 81.9 Å². The van der Waals surface area contributed by atoms with Crippen LogP contribution in [0.5, 0.6) is 5.75 Å². The summed E-state index contributed by atoms with van der Waals surface area (Å²) in [7, 11) is -3.26. The van der Waals surface area contributed by atoms with Crippen molar-refractivity contribution in [1.29, 1.82) is 0 Å². The van der Waals surface area contributed by atoms with Gasteiger partial charge in [-0.15, -0.1) is 0 Å². The molecule has 178 valence electrons. The molecule has 2 bridgehead atoms. The number of piperidine rings is 1. The van der Waals surface area contributed by atoms with Crippen LogP contribution < -0.4 is 9.46 Å². The quantitative estimate of drug-likeness (QED) is 0.739. The second-order valence-electron chi connectivity index (χ2n) is 10.2. The molecule has 2 aliphatic carbocycles. The highest BCUT2D eigenvalue weighted by Crippen LogP contribution is 2.39. The highest BCUT2D eigenvalue weighted by molar-refractivity contribution is 7.89. The van der Waals surface area contributed by atoms with Gasteiger partial charge in [0, 0.05) is 18.6 Å². The fourth-order valence-corrected chi connectivity index (χ4v) is 7.80. The van der Waals surface area contributed by atoms with Crippen molar-refractivity contribution in [2.24, 2.45) is 5.92 Å². The third-order valence-electron chi connectivity index (χ3n) is 8.08. The number of rotatable bonds is 4. The minimum absolute atomic E-state index is 0.0669. The summed E-state index contributed by atoms with van der Waals surface area (Å²) in [5.41, 5.74) is 1.34. The van der Waals surface area contributed by atoms with Gasteiger partial charge in [-0.1, -0.05) is 24.6 Å². The predicted octanol–water partition coefficient (Wildman–Crippen LogP) is 3.67. The lowest BCUT2D eigenvalue weighted by Gasteiger charge is -2.42. The van der Waals surface area contributed by atoms with Crippen molar-refractivity contribution in [3.63, 3.8) is 0 Å². The lowest BCUT2D eigenvalue weighted by atomic mass is 9.82. The molecule has 5 aliphatic rings. The molecular weight excluding hydrogens is 424 g/mol. The Balaban J connectivity index is 1.32. The molecule has 0 aromatic heterocycles. The van der Waals surface area contributed by atoms with Gasteiger partial charge >= 0.3 is 0 Å². The number of para-hydroxylation sites is 1. The van der Waals surface area contributed by atoms with Crippen LogP contribution in [0, 0.1) is 5.92 Å². The molecule has 1 N–H and O–H groups in total. The van der Waals surface area contributed by atoms with Crippen LogP contribution in [0.1, 0.15) is 69.3 Å². The summed E-state index contributed by atoms with van der Waals surface area (Å²) in [6, 6.07) is 8.48. The Hall–Kier alpha value is -1.15. The highest BCUT2D eigenvalue weighted by atomic mass is 32.2. The monoisotopic (exact) mass is 462 g/mol. The number of hydrogen-bond acceptors (Lipinski definition) is 5. The van der Waals surface area contributed by atoms with E-state index in [2.05, 4.69) is 33.9 Å². The van der Waals surface area contributed by atoms with Crippen molar-refractivity contribution in [3.05, 3.63) is 29.8 Å². The molecule has 0 unspecified atom stereocenters. The summed E-state index contributed by atoms with van der Waals surface area (Å²) in [5, 5.41) is 0. The van der Waals surface area contributed by atoms with Gasteiger partial charge in [-0.3, -0.25) is 4.90 Å². The molecule has 1 saturated heterocycles. The topological polar surface area (TPSA) is 67.9 Å². The molecule has 2 atom stereocenters. The van der Waals surface area contributed by atoms with E-state index in [0.717, 1.165) is 70.2 Å². The minimum atomic E-state index is -3.26. The van der Waals surface area contributed by atoms with Crippen LogP contribution in [0.25, 0.3) is 0 Å². The van der Waals surface area contributed by atoms with Gasteiger partial charge < -0.3 is 9.47 Å². The van der Waals surface area contributed by atoms with Crippen LogP contribution in [0.4, 0.5) is 0 Å². The van der Waals surface area contributed by atoms with E-state index in [1.54, 1.807) is 0 Å². The summed E-state index contributed by atoms with van der Waals surface area (Å²) in [5.74, 6) is 2.18. The first-order valence-corrected chi connectivity index (χ1v) is 14.3. The first-order chi connectivity index (χ1) is 15.6. The number of benzene rings is 1. The van der Waals surface area contributed by atoms with Gasteiger partial charge in [-0.05, 0) is 81.4 Å². The standard InChI is InChI=1S/C25H38N2O4S/c28-32(29,18-19-5-3-6-19)26-23-8-4-14-27-15-16-30-25-9-2-1-7-22(25)20-10-12-21(13-11-20)31-17-24(23)27/h1-2,7,9,19-21,23-24,26H,3-6,8,10-18H2/t20-,21+,23-,24-/m0/s1. The van der Waals surface area contributed by atoms with Gasteiger partial charge in [-0.25, -0.2) is 13.1 Å². The Bertz CT molecular complexity index is 864. The average Bonchev–Trinajstić information content (AvgIpc) is 2.78. The molecule has 2 saturated carbocycles. The molecule has 1 aromatic carbocycles. The molecule has 3 fully saturated rings. The van der Waals surface area contributed by atoms with Crippen LogP contribution in [-0.4, -0.2) is 63.6 Å². The molecule has 0 amide bonds. The highest BCUT2D eigenvalue weighted by Gasteiger charge is 2.36. The molecule has 0 spiro atoms. The fourth-order valence-electron chi connectivity index (χ4n) is 6.01. The van der Waals surface area contributed by atoms with E-state index in [1.807, 2.05) is 0 Å². The van der Waals surface area contributed by atoms with E-state index < -0.39 is 10.0 Å². The summed E-state index contributed by atoms with van der Waals surface area (Å²) in [6.45, 7) is 2.97. The van der Waals surface area contributed by atoms with E-state index >= 15 is 0 Å². The number of nitrogens with zero attached hydrogens (tertiary/aromatic N) is 1. The molecule has 32 heavy (non-hydrogen) atoms. The van der Waals surface area contributed by atoms with Crippen LogP contribution in [0.15, 0.2) is 24.3 Å². The number of hydrogen-bond donors (Lipinski definition) is 1. The Morgan fingerprint density at radius 3 is 2.56 bits per heavy atom. The first kappa shape index (κ1) is 22.6. The molecule has 0 radical (unpaired) electrons. The maximum atomic E-state index is 12.9. The molecule has 3 heterocycles. The summed E-state index contributed by atoms with van der Waals surface area (Å²) >= 11 is 0. The van der Waals surface area contributed by atoms with Gasteiger partial charge in [-0.2, -0.15) is 0 Å². The largest absolute Gasteiger partial charge is 0.492 e. The van der Waals surface area contributed by atoms with Gasteiger partial charge in [0.25, 0.3) is 0 Å². The second-order valence-corrected chi connectivity index (χ2v) is 12.0. The Labute approximate surface area is 193 Å². The van der Waals surface area contributed by atoms with Crippen molar-refractivity contribution >= 4 is 10.0 Å². The van der Waals surface area contributed by atoms with Crippen LogP contribution >= 0.6 is 0 Å². The third-order valence-corrected chi connectivity index (χ3v) is 9.65. The van der Waals surface area contributed by atoms with E-state index in [1.165, 1.54) is 12.0 Å². The van der Waals surface area contributed by atoms with Gasteiger partial charge in [0.15, 0.2) is 0 Å². The zero-order valence-corrected chi connectivity index (χ0v) is 19.9. The number of ether oxygens (including phenoxy) is 2. The van der Waals surface area contributed by atoms with Crippen LogP contribution in [0.3, 0.4) is 0 Å². The minimum Gasteiger partial charge on any atom is -0.492 e. The maximum Gasteiger partial charge on any atom is 0.212 e. The van der Waals surface area contributed by atoms with Gasteiger partial charge in [0.2, 0.25) is 10.0 Å². The van der Waals surface area contributed by atoms with Crippen molar-refractivity contribution in [2.75, 3.05) is 32.1 Å². The van der Waals surface area contributed by atoms with E-state index in [0.29, 0.717) is 25.0 Å². The SMILES string of the molecule is O=S(=O)(CC1CCC1)N[C@H]1CCCN2CCOc3ccccc3[C@H]3CC[C@H](CC3)OC[C@@H]12. The number of fused-ring (bicyclic) bond motifs is 5.